The number of halogens is 4. The van der Waals surface area contributed by atoms with E-state index in [-0.39, 0.29) is 17.2 Å². The zero-order valence-corrected chi connectivity index (χ0v) is 13.4. The first-order valence-corrected chi connectivity index (χ1v) is 7.70. The van der Waals surface area contributed by atoms with Crippen LogP contribution in [0.5, 0.6) is 11.5 Å². The SMILES string of the molecule is O=C(O)c1cc(OC(F)(F)F)ccc1-c1ccc(OC2CC2)c(Cl)c1. The van der Waals surface area contributed by atoms with Gasteiger partial charge in [0, 0.05) is 0 Å². The third-order valence-electron chi connectivity index (χ3n) is 3.52. The Balaban J connectivity index is 1.95. The second-order valence-corrected chi connectivity index (χ2v) is 5.93. The zero-order valence-electron chi connectivity index (χ0n) is 12.6. The average Bonchev–Trinajstić information content (AvgIpc) is 3.31. The van der Waals surface area contributed by atoms with Crippen molar-refractivity contribution >= 4 is 17.6 Å². The summed E-state index contributed by atoms with van der Waals surface area (Å²) in [5.41, 5.74) is 0.347. The van der Waals surface area contributed by atoms with Crippen LogP contribution in [0.4, 0.5) is 13.2 Å². The van der Waals surface area contributed by atoms with Gasteiger partial charge in [-0.05, 0) is 54.3 Å². The molecule has 132 valence electrons. The minimum absolute atomic E-state index is 0.150. The smallest absolute Gasteiger partial charge is 0.489 e. The molecule has 3 rings (SSSR count). The molecule has 0 heterocycles. The topological polar surface area (TPSA) is 55.8 Å². The Morgan fingerprint density at radius 1 is 1.16 bits per heavy atom. The van der Waals surface area contributed by atoms with E-state index in [4.69, 9.17) is 16.3 Å². The Bertz CT molecular complexity index is 816. The lowest BCUT2D eigenvalue weighted by Crippen LogP contribution is -2.17. The molecule has 8 heteroatoms. The quantitative estimate of drug-likeness (QED) is 0.789. The van der Waals surface area contributed by atoms with E-state index in [0.717, 1.165) is 25.0 Å². The van der Waals surface area contributed by atoms with Crippen molar-refractivity contribution in [3.8, 4) is 22.6 Å². The fourth-order valence-electron chi connectivity index (χ4n) is 2.28. The highest BCUT2D eigenvalue weighted by Gasteiger charge is 2.31. The zero-order chi connectivity index (χ0) is 18.2. The van der Waals surface area contributed by atoms with Crippen LogP contribution in [0, 0.1) is 0 Å². The number of carboxylic acid groups (broad SMARTS) is 1. The average molecular weight is 373 g/mol. The number of ether oxygens (including phenoxy) is 2. The highest BCUT2D eigenvalue weighted by Crippen LogP contribution is 2.36. The highest BCUT2D eigenvalue weighted by atomic mass is 35.5. The summed E-state index contributed by atoms with van der Waals surface area (Å²) in [7, 11) is 0. The number of carbonyl (C=O) groups is 1. The first kappa shape index (κ1) is 17.4. The van der Waals surface area contributed by atoms with Gasteiger partial charge in [-0.15, -0.1) is 13.2 Å². The lowest BCUT2D eigenvalue weighted by molar-refractivity contribution is -0.274. The lowest BCUT2D eigenvalue weighted by Gasteiger charge is -2.13. The van der Waals surface area contributed by atoms with Gasteiger partial charge in [-0.1, -0.05) is 17.7 Å². The van der Waals surface area contributed by atoms with E-state index in [1.807, 2.05) is 0 Å². The number of rotatable bonds is 5. The molecule has 0 bridgehead atoms. The van der Waals surface area contributed by atoms with E-state index in [0.29, 0.717) is 16.3 Å². The Kier molecular flexibility index (Phi) is 4.51. The van der Waals surface area contributed by atoms with Crippen molar-refractivity contribution < 1.29 is 32.5 Å². The van der Waals surface area contributed by atoms with Crippen molar-refractivity contribution in [1.29, 1.82) is 0 Å². The molecule has 1 N–H and O–H groups in total. The molecule has 25 heavy (non-hydrogen) atoms. The van der Waals surface area contributed by atoms with Crippen LogP contribution in [0.3, 0.4) is 0 Å². The van der Waals surface area contributed by atoms with Crippen molar-refractivity contribution in [3.05, 3.63) is 47.0 Å². The molecule has 1 aliphatic carbocycles. The van der Waals surface area contributed by atoms with E-state index in [2.05, 4.69) is 4.74 Å². The molecule has 0 atom stereocenters. The molecule has 2 aromatic rings. The van der Waals surface area contributed by atoms with E-state index < -0.39 is 18.1 Å². The summed E-state index contributed by atoms with van der Waals surface area (Å²) in [6.07, 6.45) is -2.83. The van der Waals surface area contributed by atoms with Gasteiger partial charge in [0.05, 0.1) is 16.7 Å². The van der Waals surface area contributed by atoms with Crippen LogP contribution in [0.1, 0.15) is 23.2 Å². The van der Waals surface area contributed by atoms with Gasteiger partial charge in [-0.3, -0.25) is 0 Å². The molecular weight excluding hydrogens is 361 g/mol. The third kappa shape index (κ3) is 4.36. The first-order chi connectivity index (χ1) is 11.7. The van der Waals surface area contributed by atoms with Crippen molar-refractivity contribution in [1.82, 2.24) is 0 Å². The second kappa shape index (κ2) is 6.48. The van der Waals surface area contributed by atoms with Crippen molar-refractivity contribution in [3.63, 3.8) is 0 Å². The van der Waals surface area contributed by atoms with Crippen LogP contribution in [0.25, 0.3) is 11.1 Å². The molecule has 0 unspecified atom stereocenters. The fraction of sp³-hybridized carbons (Fsp3) is 0.235. The Morgan fingerprint density at radius 2 is 1.88 bits per heavy atom. The summed E-state index contributed by atoms with van der Waals surface area (Å²) in [5, 5.41) is 9.61. The maximum Gasteiger partial charge on any atom is 0.573 e. The van der Waals surface area contributed by atoms with Gasteiger partial charge in [-0.25, -0.2) is 4.79 Å². The lowest BCUT2D eigenvalue weighted by atomic mass is 9.99. The Labute approximate surface area is 145 Å². The van der Waals surface area contributed by atoms with Crippen LogP contribution in [0.2, 0.25) is 5.02 Å². The number of benzene rings is 2. The molecule has 0 aromatic heterocycles. The van der Waals surface area contributed by atoms with Gasteiger partial charge in [0.1, 0.15) is 11.5 Å². The van der Waals surface area contributed by atoms with Gasteiger partial charge >= 0.3 is 12.3 Å². The number of hydrogen-bond acceptors (Lipinski definition) is 3. The van der Waals surface area contributed by atoms with Crippen LogP contribution >= 0.6 is 11.6 Å². The summed E-state index contributed by atoms with van der Waals surface area (Å²) in [5.74, 6) is -1.49. The largest absolute Gasteiger partial charge is 0.573 e. The van der Waals surface area contributed by atoms with E-state index in [1.54, 1.807) is 12.1 Å². The summed E-state index contributed by atoms with van der Waals surface area (Å²) in [6.45, 7) is 0. The maximum atomic E-state index is 12.3. The predicted octanol–water partition coefficient (Wildman–Crippen LogP) is 5.15. The van der Waals surface area contributed by atoms with Crippen LogP contribution < -0.4 is 9.47 Å². The summed E-state index contributed by atoms with van der Waals surface area (Å²) < 4.78 is 46.3. The van der Waals surface area contributed by atoms with Crippen LogP contribution in [-0.2, 0) is 0 Å². The molecule has 0 radical (unpaired) electrons. The normalized spacial score (nSPS) is 14.2. The molecule has 0 saturated heterocycles. The standard InChI is InChI=1S/C17H12ClF3O4/c18-14-7-9(1-6-15(14)24-10-2-3-10)12-5-4-11(25-17(19,20)21)8-13(12)16(22)23/h1,4-8,10H,2-3H2,(H,22,23). The van der Waals surface area contributed by atoms with Gasteiger partial charge < -0.3 is 14.6 Å². The molecule has 1 saturated carbocycles. The molecular formula is C17H12ClF3O4. The maximum absolute atomic E-state index is 12.3. The molecule has 0 spiro atoms. The van der Waals surface area contributed by atoms with Crippen molar-refractivity contribution in [2.75, 3.05) is 0 Å². The van der Waals surface area contributed by atoms with E-state index >= 15 is 0 Å². The van der Waals surface area contributed by atoms with Gasteiger partial charge in [-0.2, -0.15) is 0 Å². The highest BCUT2D eigenvalue weighted by molar-refractivity contribution is 6.32. The molecule has 4 nitrogen and oxygen atoms in total. The second-order valence-electron chi connectivity index (χ2n) is 5.52. The Morgan fingerprint density at radius 3 is 2.44 bits per heavy atom. The van der Waals surface area contributed by atoms with Gasteiger partial charge in [0.15, 0.2) is 0 Å². The summed E-state index contributed by atoms with van der Waals surface area (Å²) in [6, 6.07) is 7.87. The predicted molar refractivity (Wildman–Crippen MR) is 84.2 cm³/mol. The van der Waals surface area contributed by atoms with Crippen LogP contribution in [0.15, 0.2) is 36.4 Å². The fourth-order valence-corrected chi connectivity index (χ4v) is 2.50. The third-order valence-corrected chi connectivity index (χ3v) is 3.81. The summed E-state index contributed by atoms with van der Waals surface area (Å²) in [4.78, 5) is 11.4. The van der Waals surface area contributed by atoms with E-state index in [1.165, 1.54) is 12.1 Å². The van der Waals surface area contributed by atoms with Gasteiger partial charge in [0.25, 0.3) is 0 Å². The van der Waals surface area contributed by atoms with Gasteiger partial charge in [0.2, 0.25) is 0 Å². The molecule has 2 aromatic carbocycles. The molecule has 0 amide bonds. The minimum atomic E-state index is -4.90. The number of aromatic carboxylic acids is 1. The first-order valence-electron chi connectivity index (χ1n) is 7.32. The molecule has 0 aliphatic heterocycles. The number of carboxylic acids is 1. The monoisotopic (exact) mass is 372 g/mol. The minimum Gasteiger partial charge on any atom is -0.489 e. The van der Waals surface area contributed by atoms with Crippen LogP contribution in [-0.4, -0.2) is 23.5 Å². The number of hydrogen-bond donors (Lipinski definition) is 1. The van der Waals surface area contributed by atoms with Crippen molar-refractivity contribution in [2.45, 2.75) is 25.3 Å². The molecule has 1 fully saturated rings. The number of alkyl halides is 3. The summed E-state index contributed by atoms with van der Waals surface area (Å²) >= 11 is 6.16. The Hall–Kier alpha value is -2.41. The van der Waals surface area contributed by atoms with Crippen molar-refractivity contribution in [2.24, 2.45) is 0 Å². The van der Waals surface area contributed by atoms with E-state index in [9.17, 15) is 23.1 Å². The molecule has 1 aliphatic rings.